The summed E-state index contributed by atoms with van der Waals surface area (Å²) < 4.78 is 13.1. The second-order valence-electron chi connectivity index (χ2n) is 4.20. The zero-order valence-corrected chi connectivity index (χ0v) is 13.2. The summed E-state index contributed by atoms with van der Waals surface area (Å²) in [4.78, 5) is 11.9. The van der Waals surface area contributed by atoms with Crippen LogP contribution >= 0.6 is 35.4 Å². The summed E-state index contributed by atoms with van der Waals surface area (Å²) in [7, 11) is 0. The van der Waals surface area contributed by atoms with Gasteiger partial charge in [0.15, 0.2) is 10.9 Å². The molecule has 2 rings (SSSR count). The Bertz CT molecular complexity index is 756. The SMILES string of the molecule is O=C(NC(=S)Nc1cc(Cl)cc(Cl)c1O)c1cccc(F)c1. The molecule has 2 aromatic rings. The molecule has 2 aromatic carbocycles. The van der Waals surface area contributed by atoms with E-state index in [2.05, 4.69) is 10.6 Å². The van der Waals surface area contributed by atoms with Crippen LogP contribution in [0.15, 0.2) is 36.4 Å². The number of nitrogens with one attached hydrogen (secondary N) is 2. The van der Waals surface area contributed by atoms with E-state index >= 15 is 0 Å². The standard InChI is InChI=1S/C14H9Cl2FN2O2S/c15-8-5-10(16)12(20)11(6-8)18-14(22)19-13(21)7-2-1-3-9(17)4-7/h1-6,20H,(H2,18,19,21,22). The molecule has 0 aliphatic rings. The minimum Gasteiger partial charge on any atom is -0.504 e. The first-order valence-electron chi connectivity index (χ1n) is 5.92. The summed E-state index contributed by atoms with van der Waals surface area (Å²) in [5.41, 5.74) is 0.250. The van der Waals surface area contributed by atoms with Crippen molar-refractivity contribution in [1.29, 1.82) is 0 Å². The van der Waals surface area contributed by atoms with Crippen molar-refractivity contribution in [2.24, 2.45) is 0 Å². The van der Waals surface area contributed by atoms with E-state index in [4.69, 9.17) is 35.4 Å². The van der Waals surface area contributed by atoms with Crippen molar-refractivity contribution in [3.63, 3.8) is 0 Å². The molecule has 0 radical (unpaired) electrons. The molecule has 22 heavy (non-hydrogen) atoms. The molecule has 0 spiro atoms. The van der Waals surface area contributed by atoms with Crippen molar-refractivity contribution < 1.29 is 14.3 Å². The number of carbonyl (C=O) groups excluding carboxylic acids is 1. The number of hydrogen-bond acceptors (Lipinski definition) is 3. The predicted molar refractivity (Wildman–Crippen MR) is 88.2 cm³/mol. The van der Waals surface area contributed by atoms with Crippen molar-refractivity contribution in [3.8, 4) is 5.75 Å². The Morgan fingerprint density at radius 1 is 1.23 bits per heavy atom. The Labute approximate surface area is 140 Å². The topological polar surface area (TPSA) is 61.4 Å². The average molecular weight is 359 g/mol. The summed E-state index contributed by atoms with van der Waals surface area (Å²) in [6.07, 6.45) is 0. The minimum absolute atomic E-state index is 0.0363. The predicted octanol–water partition coefficient (Wildman–Crippen LogP) is 3.96. The number of aromatic hydroxyl groups is 1. The average Bonchev–Trinajstić information content (AvgIpc) is 2.44. The number of phenolic OH excluding ortho intramolecular Hbond substituents is 1. The van der Waals surface area contributed by atoms with Crippen molar-refractivity contribution in [2.45, 2.75) is 0 Å². The quantitative estimate of drug-likeness (QED) is 0.561. The van der Waals surface area contributed by atoms with Gasteiger partial charge in [-0.25, -0.2) is 4.39 Å². The van der Waals surface area contributed by atoms with E-state index in [1.807, 2.05) is 0 Å². The molecule has 0 aromatic heterocycles. The molecule has 3 N–H and O–H groups in total. The van der Waals surface area contributed by atoms with Crippen LogP contribution in [-0.4, -0.2) is 16.1 Å². The van der Waals surface area contributed by atoms with E-state index in [1.165, 1.54) is 30.3 Å². The molecule has 1 amide bonds. The van der Waals surface area contributed by atoms with Crippen molar-refractivity contribution in [1.82, 2.24) is 5.32 Å². The molecule has 8 heteroatoms. The first-order chi connectivity index (χ1) is 10.4. The maximum atomic E-state index is 13.1. The van der Waals surface area contributed by atoms with Gasteiger partial charge in [-0.15, -0.1) is 0 Å². The van der Waals surface area contributed by atoms with Gasteiger partial charge < -0.3 is 10.4 Å². The highest BCUT2D eigenvalue weighted by Crippen LogP contribution is 2.34. The fraction of sp³-hybridized carbons (Fsp3) is 0. The summed E-state index contributed by atoms with van der Waals surface area (Å²) in [5.74, 6) is -1.39. The second kappa shape index (κ2) is 6.91. The Balaban J connectivity index is 2.09. The molecule has 0 aliphatic heterocycles. The van der Waals surface area contributed by atoms with E-state index in [-0.39, 0.29) is 32.2 Å². The fourth-order valence-corrected chi connectivity index (χ4v) is 2.32. The van der Waals surface area contributed by atoms with Crippen LogP contribution in [0.2, 0.25) is 10.0 Å². The van der Waals surface area contributed by atoms with E-state index in [1.54, 1.807) is 0 Å². The fourth-order valence-electron chi connectivity index (χ4n) is 1.62. The van der Waals surface area contributed by atoms with Crippen LogP contribution in [0.3, 0.4) is 0 Å². The Morgan fingerprint density at radius 2 is 1.95 bits per heavy atom. The summed E-state index contributed by atoms with van der Waals surface area (Å²) in [6, 6.07) is 7.89. The van der Waals surface area contributed by atoms with E-state index in [9.17, 15) is 14.3 Å². The molecule has 0 heterocycles. The third-order valence-corrected chi connectivity index (χ3v) is 3.30. The highest BCUT2D eigenvalue weighted by atomic mass is 35.5. The number of halogens is 3. The van der Waals surface area contributed by atoms with Gasteiger partial charge in [-0.3, -0.25) is 10.1 Å². The number of thiocarbonyl (C=S) groups is 1. The van der Waals surface area contributed by atoms with Crippen LogP contribution in [0, 0.1) is 5.82 Å². The van der Waals surface area contributed by atoms with Gasteiger partial charge in [-0.2, -0.15) is 0 Å². The lowest BCUT2D eigenvalue weighted by atomic mass is 10.2. The highest BCUT2D eigenvalue weighted by Gasteiger charge is 2.12. The number of carbonyl (C=O) groups is 1. The number of amides is 1. The van der Waals surface area contributed by atoms with E-state index in [0.29, 0.717) is 0 Å². The molecule has 0 fully saturated rings. The third kappa shape index (κ3) is 4.07. The molecule has 0 unspecified atom stereocenters. The van der Waals surface area contributed by atoms with E-state index < -0.39 is 11.7 Å². The molecule has 0 saturated carbocycles. The lowest BCUT2D eigenvalue weighted by molar-refractivity contribution is 0.0977. The number of benzene rings is 2. The smallest absolute Gasteiger partial charge is 0.257 e. The van der Waals surface area contributed by atoms with Crippen LogP contribution in [0.1, 0.15) is 10.4 Å². The van der Waals surface area contributed by atoms with E-state index in [0.717, 1.165) is 6.07 Å². The molecule has 0 saturated heterocycles. The zero-order valence-electron chi connectivity index (χ0n) is 10.9. The molecular weight excluding hydrogens is 350 g/mol. The second-order valence-corrected chi connectivity index (χ2v) is 5.45. The van der Waals surface area contributed by atoms with Gasteiger partial charge in [-0.05, 0) is 42.5 Å². The van der Waals surface area contributed by atoms with Gasteiger partial charge in [0.25, 0.3) is 5.91 Å². The molecule has 4 nitrogen and oxygen atoms in total. The van der Waals surface area contributed by atoms with Crippen LogP contribution in [0.4, 0.5) is 10.1 Å². The number of phenols is 1. The van der Waals surface area contributed by atoms with Gasteiger partial charge in [0.1, 0.15) is 5.82 Å². The lowest BCUT2D eigenvalue weighted by Gasteiger charge is -2.12. The normalized spacial score (nSPS) is 10.1. The minimum atomic E-state index is -0.593. The number of rotatable bonds is 2. The van der Waals surface area contributed by atoms with Crippen LogP contribution < -0.4 is 10.6 Å². The van der Waals surface area contributed by atoms with Crippen molar-refractivity contribution in [2.75, 3.05) is 5.32 Å². The summed E-state index contributed by atoms with van der Waals surface area (Å²) in [6.45, 7) is 0. The lowest BCUT2D eigenvalue weighted by Crippen LogP contribution is -2.34. The molecule has 0 bridgehead atoms. The maximum Gasteiger partial charge on any atom is 0.257 e. The van der Waals surface area contributed by atoms with Crippen LogP contribution in [0.5, 0.6) is 5.75 Å². The molecular formula is C14H9Cl2FN2O2S. The molecule has 114 valence electrons. The largest absolute Gasteiger partial charge is 0.504 e. The summed E-state index contributed by atoms with van der Waals surface area (Å²) in [5, 5.41) is 15.0. The van der Waals surface area contributed by atoms with Gasteiger partial charge in [-0.1, -0.05) is 29.3 Å². The molecule has 0 atom stereocenters. The van der Waals surface area contributed by atoms with Gasteiger partial charge in [0.2, 0.25) is 0 Å². The first kappa shape index (κ1) is 16.5. The highest BCUT2D eigenvalue weighted by molar-refractivity contribution is 7.80. The first-order valence-corrected chi connectivity index (χ1v) is 7.09. The monoisotopic (exact) mass is 358 g/mol. The number of hydrogen-bond donors (Lipinski definition) is 3. The Kier molecular flexibility index (Phi) is 5.18. The van der Waals surface area contributed by atoms with Crippen LogP contribution in [-0.2, 0) is 0 Å². The van der Waals surface area contributed by atoms with Crippen LogP contribution in [0.25, 0.3) is 0 Å². The third-order valence-electron chi connectivity index (χ3n) is 2.59. The van der Waals surface area contributed by atoms with Gasteiger partial charge in [0, 0.05) is 10.6 Å². The maximum absolute atomic E-state index is 13.1. The Hall–Kier alpha value is -1.89. The van der Waals surface area contributed by atoms with Crippen molar-refractivity contribution >= 4 is 52.1 Å². The molecule has 0 aliphatic carbocycles. The van der Waals surface area contributed by atoms with Gasteiger partial charge >= 0.3 is 0 Å². The zero-order chi connectivity index (χ0) is 16.3. The van der Waals surface area contributed by atoms with Crippen molar-refractivity contribution in [3.05, 3.63) is 57.8 Å². The summed E-state index contributed by atoms with van der Waals surface area (Å²) >= 11 is 16.5. The Morgan fingerprint density at radius 3 is 2.64 bits per heavy atom. The number of anilines is 1. The van der Waals surface area contributed by atoms with Gasteiger partial charge in [0.05, 0.1) is 10.7 Å².